The molecule has 1 aromatic rings. The molecular weight excluding hydrogens is 344 g/mol. The van der Waals surface area contributed by atoms with E-state index in [1.807, 2.05) is 0 Å². The Bertz CT molecular complexity index is 697. The van der Waals surface area contributed by atoms with Crippen LogP contribution in [0, 0.1) is 5.92 Å². The maximum absolute atomic E-state index is 13.0. The second kappa shape index (κ2) is 8.64. The topological polar surface area (TPSA) is 84.9 Å². The van der Waals surface area contributed by atoms with Crippen molar-refractivity contribution in [2.45, 2.75) is 24.7 Å². The van der Waals surface area contributed by atoms with Crippen LogP contribution in [0.4, 0.5) is 0 Å². The summed E-state index contributed by atoms with van der Waals surface area (Å²) in [6.45, 7) is 4.87. The first-order valence-corrected chi connectivity index (χ1v) is 9.85. The lowest BCUT2D eigenvalue weighted by molar-refractivity contribution is 0.0600. The second-order valence-electron chi connectivity index (χ2n) is 6.01. The predicted octanol–water partition coefficient (Wildman–Crippen LogP) is 1.49. The molecule has 1 saturated heterocycles. The molecule has 0 atom stereocenters. The Balaban J connectivity index is 2.18. The van der Waals surface area contributed by atoms with Gasteiger partial charge in [-0.1, -0.05) is 6.92 Å². The van der Waals surface area contributed by atoms with Gasteiger partial charge in [0.1, 0.15) is 10.6 Å². The summed E-state index contributed by atoms with van der Waals surface area (Å²) < 4.78 is 37.3. The Hall–Kier alpha value is -1.64. The summed E-state index contributed by atoms with van der Waals surface area (Å²) in [5.74, 6) is 0.110. The van der Waals surface area contributed by atoms with Gasteiger partial charge in [0, 0.05) is 13.1 Å². The van der Waals surface area contributed by atoms with E-state index in [9.17, 15) is 13.2 Å². The van der Waals surface area contributed by atoms with Crippen LogP contribution < -0.4 is 10.1 Å². The van der Waals surface area contributed by atoms with E-state index < -0.39 is 16.0 Å². The van der Waals surface area contributed by atoms with Crippen LogP contribution in [0.5, 0.6) is 5.75 Å². The fourth-order valence-electron chi connectivity index (χ4n) is 2.97. The molecule has 0 aliphatic carbocycles. The van der Waals surface area contributed by atoms with Crippen LogP contribution in [0.15, 0.2) is 23.1 Å². The number of piperidine rings is 1. The number of rotatable bonds is 7. The van der Waals surface area contributed by atoms with Crippen LogP contribution in [0.3, 0.4) is 0 Å². The molecule has 0 amide bonds. The minimum atomic E-state index is -3.66. The Morgan fingerprint density at radius 2 is 1.96 bits per heavy atom. The van der Waals surface area contributed by atoms with E-state index in [2.05, 4.69) is 17.0 Å². The highest BCUT2D eigenvalue weighted by atomic mass is 32.2. The van der Waals surface area contributed by atoms with Crippen LogP contribution in [0.25, 0.3) is 0 Å². The smallest absolute Gasteiger partial charge is 0.337 e. The van der Waals surface area contributed by atoms with Crippen molar-refractivity contribution in [3.05, 3.63) is 23.8 Å². The van der Waals surface area contributed by atoms with Crippen molar-refractivity contribution in [3.8, 4) is 5.75 Å². The molecule has 8 heteroatoms. The van der Waals surface area contributed by atoms with Crippen LogP contribution in [-0.4, -0.2) is 59.1 Å². The zero-order valence-corrected chi connectivity index (χ0v) is 15.8. The lowest BCUT2D eigenvalue weighted by atomic mass is 9.98. The Kier molecular flexibility index (Phi) is 6.80. The van der Waals surface area contributed by atoms with Gasteiger partial charge in [-0.3, -0.25) is 0 Å². The molecule has 1 heterocycles. The number of nitrogens with one attached hydrogen (secondary N) is 1. The summed E-state index contributed by atoms with van der Waals surface area (Å²) in [4.78, 5) is 11.7. The van der Waals surface area contributed by atoms with E-state index in [0.717, 1.165) is 25.9 Å². The number of nitrogens with zero attached hydrogens (tertiary/aromatic N) is 1. The lowest BCUT2D eigenvalue weighted by Crippen LogP contribution is -2.40. The molecule has 0 aromatic heterocycles. The molecular formula is C17H26N2O5S. The molecule has 0 unspecified atom stereocenters. The highest BCUT2D eigenvalue weighted by molar-refractivity contribution is 7.89. The van der Waals surface area contributed by atoms with Crippen LogP contribution in [0.2, 0.25) is 0 Å². The van der Waals surface area contributed by atoms with Gasteiger partial charge < -0.3 is 14.8 Å². The largest absolute Gasteiger partial charge is 0.495 e. The van der Waals surface area contributed by atoms with E-state index in [1.54, 1.807) is 0 Å². The molecule has 1 N–H and O–H groups in total. The summed E-state index contributed by atoms with van der Waals surface area (Å²) in [6, 6.07) is 4.25. The molecule has 1 aromatic carbocycles. The van der Waals surface area contributed by atoms with Gasteiger partial charge in [-0.25, -0.2) is 13.2 Å². The molecule has 7 nitrogen and oxygen atoms in total. The zero-order chi connectivity index (χ0) is 18.4. The average Bonchev–Trinajstić information content (AvgIpc) is 2.65. The molecule has 1 fully saturated rings. The van der Waals surface area contributed by atoms with Gasteiger partial charge in [0.25, 0.3) is 0 Å². The Morgan fingerprint density at radius 1 is 1.28 bits per heavy atom. The third kappa shape index (κ3) is 4.50. The number of carbonyl (C=O) groups excluding carboxylic acids is 1. The second-order valence-corrected chi connectivity index (χ2v) is 7.92. The van der Waals surface area contributed by atoms with Crippen molar-refractivity contribution in [1.82, 2.24) is 9.62 Å². The average molecular weight is 370 g/mol. The van der Waals surface area contributed by atoms with Crippen molar-refractivity contribution in [2.75, 3.05) is 40.4 Å². The highest BCUT2D eigenvalue weighted by Gasteiger charge is 2.31. The molecule has 1 aliphatic rings. The van der Waals surface area contributed by atoms with Gasteiger partial charge >= 0.3 is 5.97 Å². The van der Waals surface area contributed by atoms with Crippen molar-refractivity contribution in [3.63, 3.8) is 0 Å². The molecule has 2 rings (SSSR count). The molecule has 140 valence electrons. The third-order valence-corrected chi connectivity index (χ3v) is 6.40. The van der Waals surface area contributed by atoms with E-state index >= 15 is 0 Å². The van der Waals surface area contributed by atoms with E-state index in [4.69, 9.17) is 4.74 Å². The normalized spacial score (nSPS) is 16.6. The van der Waals surface area contributed by atoms with Crippen LogP contribution in [0.1, 0.15) is 30.1 Å². The van der Waals surface area contributed by atoms with Gasteiger partial charge in [0.05, 0.1) is 19.8 Å². The lowest BCUT2D eigenvalue weighted by Gasteiger charge is -2.31. The number of methoxy groups -OCH3 is 2. The van der Waals surface area contributed by atoms with Crippen molar-refractivity contribution in [1.29, 1.82) is 0 Å². The van der Waals surface area contributed by atoms with Gasteiger partial charge in [0.15, 0.2) is 0 Å². The van der Waals surface area contributed by atoms with Crippen LogP contribution >= 0.6 is 0 Å². The highest BCUT2D eigenvalue weighted by Crippen LogP contribution is 2.30. The van der Waals surface area contributed by atoms with Gasteiger partial charge in [-0.2, -0.15) is 4.31 Å². The number of benzene rings is 1. The standard InChI is InChI=1S/C17H26N2O5S/c1-4-18-12-13-7-9-19(10-8-13)25(21,22)16-6-5-14(17(20)24-3)11-15(16)23-2/h5-6,11,13,18H,4,7-10,12H2,1-3H3. The summed E-state index contributed by atoms with van der Waals surface area (Å²) >= 11 is 0. The number of hydrogen-bond acceptors (Lipinski definition) is 6. The minimum absolute atomic E-state index is 0.0767. The maximum Gasteiger partial charge on any atom is 0.337 e. The number of sulfonamides is 1. The summed E-state index contributed by atoms with van der Waals surface area (Å²) in [6.07, 6.45) is 1.66. The predicted molar refractivity (Wildman–Crippen MR) is 94.4 cm³/mol. The molecule has 25 heavy (non-hydrogen) atoms. The third-order valence-electron chi connectivity index (χ3n) is 4.46. The quantitative estimate of drug-likeness (QED) is 0.732. The summed E-state index contributed by atoms with van der Waals surface area (Å²) in [5, 5.41) is 3.31. The van der Waals surface area contributed by atoms with E-state index in [-0.39, 0.29) is 16.2 Å². The molecule has 0 radical (unpaired) electrons. The zero-order valence-electron chi connectivity index (χ0n) is 14.9. The monoisotopic (exact) mass is 370 g/mol. The Morgan fingerprint density at radius 3 is 2.52 bits per heavy atom. The number of esters is 1. The van der Waals surface area contributed by atoms with Crippen LogP contribution in [-0.2, 0) is 14.8 Å². The molecule has 0 bridgehead atoms. The van der Waals surface area contributed by atoms with Crippen molar-refractivity contribution >= 4 is 16.0 Å². The van der Waals surface area contributed by atoms with E-state index in [0.29, 0.717) is 19.0 Å². The number of hydrogen-bond donors (Lipinski definition) is 1. The number of carbonyl (C=O) groups is 1. The summed E-state index contributed by atoms with van der Waals surface area (Å²) in [5.41, 5.74) is 0.252. The SMILES string of the molecule is CCNCC1CCN(S(=O)(=O)c2ccc(C(=O)OC)cc2OC)CC1. The first-order chi connectivity index (χ1) is 11.9. The van der Waals surface area contributed by atoms with Gasteiger partial charge in [-0.15, -0.1) is 0 Å². The fourth-order valence-corrected chi connectivity index (χ4v) is 4.57. The Labute approximate surface area is 149 Å². The van der Waals surface area contributed by atoms with Gasteiger partial charge in [-0.05, 0) is 50.0 Å². The molecule has 0 saturated carbocycles. The molecule has 0 spiro atoms. The van der Waals surface area contributed by atoms with E-state index in [1.165, 1.54) is 36.7 Å². The van der Waals surface area contributed by atoms with Crippen molar-refractivity contribution < 1.29 is 22.7 Å². The molecule has 1 aliphatic heterocycles. The first-order valence-electron chi connectivity index (χ1n) is 8.41. The fraction of sp³-hybridized carbons (Fsp3) is 0.588. The minimum Gasteiger partial charge on any atom is -0.495 e. The van der Waals surface area contributed by atoms with Gasteiger partial charge in [0.2, 0.25) is 10.0 Å². The summed E-state index contributed by atoms with van der Waals surface area (Å²) in [7, 11) is -1.00. The number of ether oxygens (including phenoxy) is 2. The first kappa shape index (κ1) is 19.7. The van der Waals surface area contributed by atoms with Crippen molar-refractivity contribution in [2.24, 2.45) is 5.92 Å². The maximum atomic E-state index is 13.0.